The van der Waals surface area contributed by atoms with Crippen LogP contribution in [0.2, 0.25) is 0 Å². The molecule has 9 nitrogen and oxygen atoms in total. The normalized spacial score (nSPS) is 15.3. The van der Waals surface area contributed by atoms with Gasteiger partial charge in [0.1, 0.15) is 11.4 Å². The molecule has 0 bridgehead atoms. The minimum absolute atomic E-state index is 0.145. The fourth-order valence-electron chi connectivity index (χ4n) is 3.66. The maximum absolute atomic E-state index is 13.2. The second kappa shape index (κ2) is 11.3. The molecule has 174 valence electrons. The molecule has 2 aromatic rings. The molecule has 1 unspecified atom stereocenters. The maximum atomic E-state index is 13.2. The first-order chi connectivity index (χ1) is 15.5. The van der Waals surface area contributed by atoms with Crippen LogP contribution in [-0.2, 0) is 0 Å². The fraction of sp³-hybridized carbons (Fsp3) is 0.500. The Kier molecular flexibility index (Phi) is 8.54. The van der Waals surface area contributed by atoms with Crippen molar-refractivity contribution in [2.75, 3.05) is 64.7 Å². The SMILES string of the molecule is COc1ccc(C(C)NC(=O)c2cnc(SC)nc2N2CCN(CCO)CC2)cc1OC. The first kappa shape index (κ1) is 24.1. The highest BCUT2D eigenvalue weighted by molar-refractivity contribution is 7.98. The van der Waals surface area contributed by atoms with E-state index in [0.717, 1.165) is 31.7 Å². The number of nitrogens with one attached hydrogen (secondary N) is 1. The van der Waals surface area contributed by atoms with Crippen LogP contribution in [0, 0.1) is 0 Å². The average molecular weight is 462 g/mol. The molecule has 1 aliphatic rings. The Morgan fingerprint density at radius 1 is 1.22 bits per heavy atom. The van der Waals surface area contributed by atoms with Gasteiger partial charge in [0.15, 0.2) is 16.7 Å². The second-order valence-electron chi connectivity index (χ2n) is 7.46. The number of methoxy groups -OCH3 is 2. The number of aliphatic hydroxyl groups excluding tert-OH is 1. The van der Waals surface area contributed by atoms with Crippen LogP contribution in [0.5, 0.6) is 11.5 Å². The van der Waals surface area contributed by atoms with E-state index < -0.39 is 0 Å². The Balaban J connectivity index is 1.79. The number of ether oxygens (including phenoxy) is 2. The van der Waals surface area contributed by atoms with Crippen LogP contribution in [-0.4, -0.2) is 85.7 Å². The molecule has 2 N–H and O–H groups in total. The molecular formula is C22H31N5O4S. The predicted molar refractivity (Wildman–Crippen MR) is 125 cm³/mol. The first-order valence-electron chi connectivity index (χ1n) is 10.5. The number of thioether (sulfide) groups is 1. The van der Waals surface area contributed by atoms with E-state index in [1.807, 2.05) is 31.4 Å². The van der Waals surface area contributed by atoms with Crippen LogP contribution in [0.15, 0.2) is 29.6 Å². The van der Waals surface area contributed by atoms with Gasteiger partial charge in [0.05, 0.1) is 26.9 Å². The number of β-amino-alcohol motifs (C(OH)–C–C–N with tert-alkyl or cyclic N) is 1. The van der Waals surface area contributed by atoms with Crippen molar-refractivity contribution >= 4 is 23.5 Å². The summed E-state index contributed by atoms with van der Waals surface area (Å²) in [6.07, 6.45) is 3.52. The third-order valence-corrected chi connectivity index (χ3v) is 6.08. The number of piperazine rings is 1. The van der Waals surface area contributed by atoms with Crippen molar-refractivity contribution < 1.29 is 19.4 Å². The molecule has 32 heavy (non-hydrogen) atoms. The summed E-state index contributed by atoms with van der Waals surface area (Å²) >= 11 is 1.44. The highest BCUT2D eigenvalue weighted by atomic mass is 32.2. The van der Waals surface area contributed by atoms with Crippen molar-refractivity contribution in [1.29, 1.82) is 0 Å². The molecule has 1 aromatic carbocycles. The molecule has 10 heteroatoms. The smallest absolute Gasteiger partial charge is 0.257 e. The van der Waals surface area contributed by atoms with Gasteiger partial charge in [0.25, 0.3) is 5.91 Å². The Bertz CT molecular complexity index is 921. The quantitative estimate of drug-likeness (QED) is 0.428. The summed E-state index contributed by atoms with van der Waals surface area (Å²) < 4.78 is 10.7. The van der Waals surface area contributed by atoms with Gasteiger partial charge < -0.3 is 24.8 Å². The summed E-state index contributed by atoms with van der Waals surface area (Å²) in [4.78, 5) is 26.5. The monoisotopic (exact) mass is 461 g/mol. The number of anilines is 1. The molecular weight excluding hydrogens is 430 g/mol. The van der Waals surface area contributed by atoms with Crippen LogP contribution in [0.3, 0.4) is 0 Å². The Labute approximate surface area is 193 Å². The van der Waals surface area contributed by atoms with Gasteiger partial charge in [-0.25, -0.2) is 9.97 Å². The molecule has 1 amide bonds. The van der Waals surface area contributed by atoms with Gasteiger partial charge in [-0.3, -0.25) is 9.69 Å². The number of benzene rings is 1. The van der Waals surface area contributed by atoms with Gasteiger partial charge in [0, 0.05) is 38.9 Å². The van der Waals surface area contributed by atoms with E-state index in [0.29, 0.717) is 34.6 Å². The van der Waals surface area contributed by atoms with E-state index in [2.05, 4.69) is 25.1 Å². The topological polar surface area (TPSA) is 100 Å². The summed E-state index contributed by atoms with van der Waals surface area (Å²) in [6.45, 7) is 5.80. The number of hydrogen-bond donors (Lipinski definition) is 2. The van der Waals surface area contributed by atoms with Gasteiger partial charge in [-0.05, 0) is 30.9 Å². The minimum Gasteiger partial charge on any atom is -0.493 e. The van der Waals surface area contributed by atoms with Crippen molar-refractivity contribution in [2.45, 2.75) is 18.1 Å². The third-order valence-electron chi connectivity index (χ3n) is 5.52. The Morgan fingerprint density at radius 3 is 2.56 bits per heavy atom. The predicted octanol–water partition coefficient (Wildman–Crippen LogP) is 1.82. The molecule has 0 radical (unpaired) electrons. The van der Waals surface area contributed by atoms with Gasteiger partial charge >= 0.3 is 0 Å². The number of aromatic nitrogens is 2. The van der Waals surface area contributed by atoms with E-state index in [9.17, 15) is 9.90 Å². The standard InChI is InChI=1S/C22H31N5O4S/c1-15(16-5-6-18(30-2)19(13-16)31-3)24-21(29)17-14-23-22(32-4)25-20(17)27-9-7-26(8-10-27)11-12-28/h5-6,13-15,28H,7-12H2,1-4H3,(H,24,29). The molecule has 1 saturated heterocycles. The zero-order valence-corrected chi connectivity index (χ0v) is 19.8. The van der Waals surface area contributed by atoms with Crippen LogP contribution in [0.4, 0.5) is 5.82 Å². The number of aliphatic hydroxyl groups is 1. The number of carbonyl (C=O) groups is 1. The zero-order valence-electron chi connectivity index (χ0n) is 19.0. The van der Waals surface area contributed by atoms with Crippen molar-refractivity contribution in [2.24, 2.45) is 0 Å². The van der Waals surface area contributed by atoms with Crippen molar-refractivity contribution in [3.05, 3.63) is 35.5 Å². The lowest BCUT2D eigenvalue weighted by Gasteiger charge is -2.35. The largest absolute Gasteiger partial charge is 0.493 e. The molecule has 0 saturated carbocycles. The van der Waals surface area contributed by atoms with Crippen LogP contribution in [0.1, 0.15) is 28.9 Å². The van der Waals surface area contributed by atoms with Crippen molar-refractivity contribution in [1.82, 2.24) is 20.2 Å². The van der Waals surface area contributed by atoms with Gasteiger partial charge in [-0.15, -0.1) is 0 Å². The summed E-state index contributed by atoms with van der Waals surface area (Å²) in [5.41, 5.74) is 1.35. The lowest BCUT2D eigenvalue weighted by molar-refractivity contribution is 0.0939. The van der Waals surface area contributed by atoms with Gasteiger partial charge in [-0.1, -0.05) is 17.8 Å². The summed E-state index contributed by atoms with van der Waals surface area (Å²) in [7, 11) is 3.17. The lowest BCUT2D eigenvalue weighted by atomic mass is 10.1. The second-order valence-corrected chi connectivity index (χ2v) is 8.23. The maximum Gasteiger partial charge on any atom is 0.257 e. The van der Waals surface area contributed by atoms with Gasteiger partial charge in [0.2, 0.25) is 0 Å². The Morgan fingerprint density at radius 2 is 1.94 bits per heavy atom. The molecule has 0 aliphatic carbocycles. The molecule has 0 spiro atoms. The van der Waals surface area contributed by atoms with Crippen LogP contribution in [0.25, 0.3) is 0 Å². The van der Waals surface area contributed by atoms with Crippen LogP contribution >= 0.6 is 11.8 Å². The molecule has 1 aliphatic heterocycles. The van der Waals surface area contributed by atoms with Crippen molar-refractivity contribution in [3.8, 4) is 11.5 Å². The van der Waals surface area contributed by atoms with E-state index in [1.165, 1.54) is 11.8 Å². The molecule has 2 heterocycles. The van der Waals surface area contributed by atoms with Crippen LogP contribution < -0.4 is 19.7 Å². The molecule has 1 aromatic heterocycles. The average Bonchev–Trinajstić information content (AvgIpc) is 2.83. The lowest BCUT2D eigenvalue weighted by Crippen LogP contribution is -2.48. The van der Waals surface area contributed by atoms with Crippen molar-refractivity contribution in [3.63, 3.8) is 0 Å². The number of hydrogen-bond acceptors (Lipinski definition) is 9. The summed E-state index contributed by atoms with van der Waals surface area (Å²) in [5.74, 6) is 1.66. The summed E-state index contributed by atoms with van der Waals surface area (Å²) in [5, 5.41) is 12.9. The first-order valence-corrected chi connectivity index (χ1v) is 11.7. The van der Waals surface area contributed by atoms with E-state index in [-0.39, 0.29) is 18.6 Å². The minimum atomic E-state index is -0.253. The van der Waals surface area contributed by atoms with Gasteiger partial charge in [-0.2, -0.15) is 0 Å². The highest BCUT2D eigenvalue weighted by Gasteiger charge is 2.25. The molecule has 1 fully saturated rings. The number of rotatable bonds is 9. The fourth-order valence-corrected chi connectivity index (χ4v) is 4.00. The number of nitrogens with zero attached hydrogens (tertiary/aromatic N) is 4. The van der Waals surface area contributed by atoms with E-state index in [1.54, 1.807) is 20.4 Å². The zero-order chi connectivity index (χ0) is 23.1. The number of carbonyl (C=O) groups excluding carboxylic acids is 1. The molecule has 3 rings (SSSR count). The van der Waals surface area contributed by atoms with E-state index in [4.69, 9.17) is 9.47 Å². The molecule has 1 atom stereocenters. The summed E-state index contributed by atoms with van der Waals surface area (Å²) in [6, 6.07) is 5.33. The highest BCUT2D eigenvalue weighted by Crippen LogP contribution is 2.30. The van der Waals surface area contributed by atoms with E-state index >= 15 is 0 Å². The third kappa shape index (κ3) is 5.62. The number of amides is 1. The Hall–Kier alpha value is -2.56.